The second kappa shape index (κ2) is 17.0. The highest BCUT2D eigenvalue weighted by atomic mass is 16.4. The van der Waals surface area contributed by atoms with E-state index < -0.39 is 90.1 Å². The van der Waals surface area contributed by atoms with E-state index in [1.807, 2.05) is 0 Å². The Morgan fingerprint density at radius 3 is 2.04 bits per heavy atom. The van der Waals surface area contributed by atoms with Crippen molar-refractivity contribution in [3.63, 3.8) is 0 Å². The summed E-state index contributed by atoms with van der Waals surface area (Å²) >= 11 is 0. The number of carboxylic acid groups (broad SMARTS) is 1. The number of nitrogens with one attached hydrogen (secondary N) is 4. The normalized spacial score (nSPS) is 15.7. The monoisotopic (exact) mass is 719 g/mol. The van der Waals surface area contributed by atoms with Crippen molar-refractivity contribution in [1.82, 2.24) is 26.2 Å². The van der Waals surface area contributed by atoms with Crippen LogP contribution in [-0.2, 0) is 33.6 Å². The molecule has 0 bridgehead atoms. The summed E-state index contributed by atoms with van der Waals surface area (Å²) in [4.78, 5) is 126. The Morgan fingerprint density at radius 2 is 1.38 bits per heavy atom. The summed E-state index contributed by atoms with van der Waals surface area (Å²) in [7, 11) is 0. The molecule has 3 atom stereocenters. The number of rotatable bonds is 16. The predicted octanol–water partition coefficient (Wildman–Crippen LogP) is -1.85. The maximum absolute atomic E-state index is 13.7. The van der Waals surface area contributed by atoms with Crippen molar-refractivity contribution in [2.75, 3.05) is 19.6 Å². The Hall–Kier alpha value is -6.46. The van der Waals surface area contributed by atoms with Crippen molar-refractivity contribution < 1.29 is 53.1 Å². The van der Waals surface area contributed by atoms with Gasteiger partial charge in [-0.1, -0.05) is 30.3 Å². The smallest absolute Gasteiger partial charge is 0.322 e. The molecule has 0 spiro atoms. The van der Waals surface area contributed by atoms with E-state index in [1.54, 1.807) is 18.2 Å². The highest BCUT2D eigenvalue weighted by Gasteiger charge is 2.39. The van der Waals surface area contributed by atoms with Gasteiger partial charge in [0.15, 0.2) is 0 Å². The van der Waals surface area contributed by atoms with E-state index >= 15 is 0 Å². The van der Waals surface area contributed by atoms with E-state index in [0.717, 1.165) is 4.90 Å². The van der Waals surface area contributed by atoms with Gasteiger partial charge in [0.25, 0.3) is 5.91 Å². The van der Waals surface area contributed by atoms with Crippen LogP contribution in [0.3, 0.4) is 0 Å². The Bertz CT molecular complexity index is 1840. The lowest BCUT2D eigenvalue weighted by atomic mass is 9.83. The minimum Gasteiger partial charge on any atom is -0.480 e. The number of Topliss-reactive ketones (excluding diaryl/α,β-unsaturated/α-hetero) is 2. The molecule has 0 unspecified atom stereocenters. The first-order valence-corrected chi connectivity index (χ1v) is 16.2. The van der Waals surface area contributed by atoms with E-state index in [1.165, 1.54) is 24.3 Å². The fourth-order valence-electron chi connectivity index (χ4n) is 5.93. The van der Waals surface area contributed by atoms with Crippen LogP contribution >= 0.6 is 0 Å². The van der Waals surface area contributed by atoms with E-state index in [-0.39, 0.29) is 55.3 Å². The van der Waals surface area contributed by atoms with Gasteiger partial charge >= 0.3 is 5.97 Å². The Kier molecular flexibility index (Phi) is 12.5. The van der Waals surface area contributed by atoms with Gasteiger partial charge in [0, 0.05) is 36.1 Å². The van der Waals surface area contributed by atoms with Crippen molar-refractivity contribution >= 4 is 58.9 Å². The first kappa shape index (κ1) is 38.3. The number of ketones is 2. The first-order chi connectivity index (χ1) is 24.7. The van der Waals surface area contributed by atoms with Crippen LogP contribution in [0.2, 0.25) is 0 Å². The first-order valence-electron chi connectivity index (χ1n) is 16.2. The van der Waals surface area contributed by atoms with Crippen molar-refractivity contribution in [2.24, 2.45) is 11.5 Å². The molecule has 52 heavy (non-hydrogen) atoms. The summed E-state index contributed by atoms with van der Waals surface area (Å²) in [5, 5.41) is 18.3. The van der Waals surface area contributed by atoms with Gasteiger partial charge in [-0.05, 0) is 48.9 Å². The number of aliphatic carboxylic acids is 1. The number of nitrogens with two attached hydrogens (primary N) is 2. The Morgan fingerprint density at radius 1 is 0.769 bits per heavy atom. The quantitative estimate of drug-likeness (QED) is 0.0946. The van der Waals surface area contributed by atoms with Crippen molar-refractivity contribution in [2.45, 2.75) is 56.7 Å². The van der Waals surface area contributed by atoms with Crippen LogP contribution in [0.4, 0.5) is 0 Å². The SMILES string of the molecule is NC(=O)CC[C@H](NC(=O)[C@@H]1CCCN1C(=O)[C@H](CCC(N)=O)NC(=O)CNC(=O)c1ccc2c(c1)C(=O)C(=O)c1ccccc1-2)C(=O)NCC(=O)O. The van der Waals surface area contributed by atoms with Crippen LogP contribution in [0.25, 0.3) is 11.1 Å². The van der Waals surface area contributed by atoms with E-state index in [2.05, 4.69) is 21.3 Å². The lowest BCUT2D eigenvalue weighted by molar-refractivity contribution is -0.142. The van der Waals surface area contributed by atoms with Crippen LogP contribution in [0.15, 0.2) is 42.5 Å². The molecule has 1 aliphatic carbocycles. The molecule has 1 aliphatic heterocycles. The molecule has 0 radical (unpaired) electrons. The molecule has 9 N–H and O–H groups in total. The molecule has 7 amide bonds. The third-order valence-electron chi connectivity index (χ3n) is 8.48. The topological polar surface area (TPSA) is 294 Å². The molecule has 2 aromatic rings. The Balaban J connectivity index is 1.42. The second-order valence-electron chi connectivity index (χ2n) is 12.1. The molecule has 0 saturated carbocycles. The van der Waals surface area contributed by atoms with Crippen LogP contribution < -0.4 is 32.7 Å². The molecule has 18 nitrogen and oxygen atoms in total. The number of nitrogens with zero attached hydrogens (tertiary/aromatic N) is 1. The third kappa shape index (κ3) is 9.40. The summed E-state index contributed by atoms with van der Waals surface area (Å²) in [5.41, 5.74) is 11.7. The predicted molar refractivity (Wildman–Crippen MR) is 179 cm³/mol. The number of hydrogen-bond donors (Lipinski definition) is 7. The maximum atomic E-state index is 13.7. The lowest BCUT2D eigenvalue weighted by Gasteiger charge is -2.29. The number of amides is 7. The van der Waals surface area contributed by atoms with Gasteiger partial charge in [-0.15, -0.1) is 0 Å². The van der Waals surface area contributed by atoms with E-state index in [0.29, 0.717) is 17.5 Å². The molecule has 1 saturated heterocycles. The molecular formula is C34H37N7O11. The van der Waals surface area contributed by atoms with Gasteiger partial charge in [0.1, 0.15) is 24.7 Å². The molecule has 2 aliphatic rings. The zero-order valence-electron chi connectivity index (χ0n) is 27.8. The van der Waals surface area contributed by atoms with Gasteiger partial charge in [0.05, 0.1) is 6.54 Å². The van der Waals surface area contributed by atoms with Gasteiger partial charge in [-0.2, -0.15) is 0 Å². The van der Waals surface area contributed by atoms with Crippen molar-refractivity contribution in [3.05, 3.63) is 59.2 Å². The molecule has 18 heteroatoms. The molecular weight excluding hydrogens is 682 g/mol. The van der Waals surface area contributed by atoms with Crippen molar-refractivity contribution in [3.8, 4) is 11.1 Å². The minimum atomic E-state index is -1.36. The fraction of sp³-hybridized carbons (Fsp3) is 0.353. The molecule has 4 rings (SSSR count). The zero-order chi connectivity index (χ0) is 38.1. The van der Waals surface area contributed by atoms with Crippen molar-refractivity contribution in [1.29, 1.82) is 0 Å². The summed E-state index contributed by atoms with van der Waals surface area (Å²) in [5.74, 6) is -8.40. The maximum Gasteiger partial charge on any atom is 0.322 e. The number of likely N-dealkylation sites (tertiary alicyclic amines) is 1. The number of carbonyl (C=O) groups is 10. The number of carbonyl (C=O) groups excluding carboxylic acids is 9. The molecule has 2 aromatic carbocycles. The summed E-state index contributed by atoms with van der Waals surface area (Å²) in [6, 6.07) is 6.93. The molecule has 1 fully saturated rings. The number of fused-ring (bicyclic) bond motifs is 3. The minimum absolute atomic E-state index is 0.00914. The standard InChI is InChI=1S/C34H37N7O11/c35-25(42)11-9-22(32(50)38-16-28(45)46)40-33(51)24-6-3-13-41(24)34(52)23(10-12-26(36)43)39-27(44)15-37-31(49)17-7-8-19-18-4-1-2-5-20(18)29(47)30(48)21(19)14-17/h1-2,4-5,7-8,14,22-24H,3,6,9-13,15-16H2,(H2,35,42)(H2,36,43)(H,37,49)(H,38,50)(H,39,44)(H,40,51)(H,45,46)/t22-,23-,24-/m0/s1. The zero-order valence-corrected chi connectivity index (χ0v) is 27.8. The highest BCUT2D eigenvalue weighted by molar-refractivity contribution is 6.53. The Labute approximate surface area is 296 Å². The van der Waals surface area contributed by atoms with Gasteiger partial charge in [0.2, 0.25) is 47.0 Å². The molecule has 274 valence electrons. The second-order valence-corrected chi connectivity index (χ2v) is 12.1. The largest absolute Gasteiger partial charge is 0.480 e. The fourth-order valence-corrected chi connectivity index (χ4v) is 5.93. The molecule has 0 aromatic heterocycles. The third-order valence-corrected chi connectivity index (χ3v) is 8.48. The highest BCUT2D eigenvalue weighted by Crippen LogP contribution is 2.33. The van der Waals surface area contributed by atoms with Crippen LogP contribution in [-0.4, -0.2) is 107 Å². The number of hydrogen-bond acceptors (Lipinski definition) is 10. The number of benzene rings is 2. The number of carboxylic acids is 1. The van der Waals surface area contributed by atoms with Crippen LogP contribution in [0.5, 0.6) is 0 Å². The number of primary amides is 2. The van der Waals surface area contributed by atoms with Gasteiger partial charge < -0.3 is 42.7 Å². The summed E-state index contributed by atoms with van der Waals surface area (Å²) in [6.07, 6.45) is -0.616. The molecule has 1 heterocycles. The van der Waals surface area contributed by atoms with Gasteiger partial charge in [-0.25, -0.2) is 0 Å². The van der Waals surface area contributed by atoms with Gasteiger partial charge in [-0.3, -0.25) is 47.9 Å². The van der Waals surface area contributed by atoms with E-state index in [9.17, 15) is 47.9 Å². The van der Waals surface area contributed by atoms with Crippen LogP contribution in [0.1, 0.15) is 69.6 Å². The average Bonchev–Trinajstić information content (AvgIpc) is 3.61. The lowest BCUT2D eigenvalue weighted by Crippen LogP contribution is -2.57. The average molecular weight is 720 g/mol. The van der Waals surface area contributed by atoms with Crippen LogP contribution in [0, 0.1) is 0 Å². The summed E-state index contributed by atoms with van der Waals surface area (Å²) in [6.45, 7) is -1.32. The summed E-state index contributed by atoms with van der Waals surface area (Å²) < 4.78 is 0. The van der Waals surface area contributed by atoms with E-state index in [4.69, 9.17) is 16.6 Å².